The molecule has 1 saturated carbocycles. The largest absolute Gasteiger partial charge is 0.379 e. The maximum atomic E-state index is 13.6. The second-order valence-electron chi connectivity index (χ2n) is 9.67. The predicted molar refractivity (Wildman–Crippen MR) is 134 cm³/mol. The SMILES string of the molecule is O=C1CCC2(Cc3ccccc3)CN(S(=O)(=O)c3ccc(S(=O)(=O)N4CCOCC4)cc3)CC=C2C1. The van der Waals surface area contributed by atoms with Crippen molar-refractivity contribution in [1.82, 2.24) is 8.61 Å². The standard InChI is InChI=1S/C26H30N2O6S2/c29-23-10-12-26(19-21-4-2-1-3-5-21)20-28(13-11-22(26)18-23)36(32,33)25-8-6-24(7-9-25)35(30,31)27-14-16-34-17-15-27/h1-9,11H,10,12-20H2. The Bertz CT molecular complexity index is 1370. The molecule has 0 aromatic heterocycles. The monoisotopic (exact) mass is 530 g/mol. The average Bonchev–Trinajstić information content (AvgIpc) is 2.90. The van der Waals surface area contributed by atoms with Crippen molar-refractivity contribution in [3.05, 3.63) is 71.8 Å². The van der Waals surface area contributed by atoms with Gasteiger partial charge in [0.25, 0.3) is 0 Å². The van der Waals surface area contributed by atoms with E-state index < -0.39 is 25.5 Å². The van der Waals surface area contributed by atoms with E-state index in [2.05, 4.69) is 0 Å². The Labute approximate surface area is 212 Å². The van der Waals surface area contributed by atoms with E-state index in [1.165, 1.54) is 32.9 Å². The van der Waals surface area contributed by atoms with Gasteiger partial charge in [-0.2, -0.15) is 8.61 Å². The highest BCUT2D eigenvalue weighted by molar-refractivity contribution is 7.89. The van der Waals surface area contributed by atoms with Crippen LogP contribution in [-0.4, -0.2) is 70.6 Å². The van der Waals surface area contributed by atoms with Crippen LogP contribution in [0.4, 0.5) is 0 Å². The van der Waals surface area contributed by atoms with Crippen molar-refractivity contribution in [2.45, 2.75) is 35.5 Å². The first-order valence-electron chi connectivity index (χ1n) is 12.1. The van der Waals surface area contributed by atoms with Crippen LogP contribution in [-0.2, 0) is 36.0 Å². The van der Waals surface area contributed by atoms with Gasteiger partial charge >= 0.3 is 0 Å². The summed E-state index contributed by atoms with van der Waals surface area (Å²) in [7, 11) is -7.58. The first kappa shape index (κ1) is 25.3. The average molecular weight is 531 g/mol. The third-order valence-corrected chi connectivity index (χ3v) is 11.2. The van der Waals surface area contributed by atoms with Gasteiger partial charge in [-0.3, -0.25) is 4.79 Å². The maximum Gasteiger partial charge on any atom is 0.243 e. The van der Waals surface area contributed by atoms with Gasteiger partial charge < -0.3 is 4.74 Å². The van der Waals surface area contributed by atoms with Crippen LogP contribution < -0.4 is 0 Å². The molecule has 3 aliphatic rings. The molecule has 36 heavy (non-hydrogen) atoms. The smallest absolute Gasteiger partial charge is 0.243 e. The lowest BCUT2D eigenvalue weighted by Crippen LogP contribution is -2.49. The number of hydrogen-bond acceptors (Lipinski definition) is 6. The molecular weight excluding hydrogens is 500 g/mol. The summed E-state index contributed by atoms with van der Waals surface area (Å²) < 4.78 is 61.2. The zero-order valence-corrected chi connectivity index (χ0v) is 21.6. The van der Waals surface area contributed by atoms with E-state index in [4.69, 9.17) is 4.74 Å². The molecule has 1 aliphatic carbocycles. The van der Waals surface area contributed by atoms with E-state index in [9.17, 15) is 21.6 Å². The minimum atomic E-state index is -3.87. The Morgan fingerprint density at radius 3 is 2.08 bits per heavy atom. The van der Waals surface area contributed by atoms with Gasteiger partial charge in [-0.15, -0.1) is 0 Å². The fourth-order valence-electron chi connectivity index (χ4n) is 5.41. The maximum absolute atomic E-state index is 13.6. The van der Waals surface area contributed by atoms with Crippen molar-refractivity contribution in [3.8, 4) is 0 Å². The number of fused-ring (bicyclic) bond motifs is 1. The molecule has 8 nitrogen and oxygen atoms in total. The van der Waals surface area contributed by atoms with E-state index in [1.807, 2.05) is 36.4 Å². The third-order valence-electron chi connectivity index (χ3n) is 7.43. The molecule has 2 heterocycles. The highest BCUT2D eigenvalue weighted by Crippen LogP contribution is 2.46. The Hall–Kier alpha value is -2.37. The Kier molecular flexibility index (Phi) is 6.90. The third kappa shape index (κ3) is 4.80. The van der Waals surface area contributed by atoms with Crippen molar-refractivity contribution in [1.29, 1.82) is 0 Å². The fourth-order valence-corrected chi connectivity index (χ4v) is 8.28. The van der Waals surface area contributed by atoms with Gasteiger partial charge in [-0.1, -0.05) is 42.0 Å². The second kappa shape index (κ2) is 9.83. The topological polar surface area (TPSA) is 101 Å². The van der Waals surface area contributed by atoms with Gasteiger partial charge in [0.2, 0.25) is 20.0 Å². The molecule has 0 radical (unpaired) electrons. The first-order valence-corrected chi connectivity index (χ1v) is 15.0. The number of nitrogens with zero attached hydrogens (tertiary/aromatic N) is 2. The van der Waals surface area contributed by atoms with Crippen LogP contribution in [0.25, 0.3) is 0 Å². The molecule has 192 valence electrons. The van der Waals surface area contributed by atoms with Crippen molar-refractivity contribution in [2.75, 3.05) is 39.4 Å². The lowest BCUT2D eigenvalue weighted by atomic mass is 9.65. The van der Waals surface area contributed by atoms with E-state index in [1.54, 1.807) is 0 Å². The molecule has 1 unspecified atom stereocenters. The molecule has 2 aromatic rings. The van der Waals surface area contributed by atoms with Crippen LogP contribution in [0.3, 0.4) is 0 Å². The van der Waals surface area contributed by atoms with E-state index >= 15 is 0 Å². The fraction of sp³-hybridized carbons (Fsp3) is 0.423. The van der Waals surface area contributed by atoms with E-state index in [0.717, 1.165) is 11.1 Å². The Morgan fingerprint density at radius 2 is 1.44 bits per heavy atom. The van der Waals surface area contributed by atoms with Gasteiger partial charge in [0.05, 0.1) is 23.0 Å². The van der Waals surface area contributed by atoms with Gasteiger partial charge in [-0.05, 0) is 42.7 Å². The molecule has 10 heteroatoms. The summed E-state index contributed by atoms with van der Waals surface area (Å²) in [5.74, 6) is 0.193. The molecule has 1 atom stereocenters. The molecule has 1 saturated heterocycles. The Balaban J connectivity index is 1.41. The van der Waals surface area contributed by atoms with Crippen molar-refractivity contribution in [3.63, 3.8) is 0 Å². The number of carbonyl (C=O) groups is 1. The first-order chi connectivity index (χ1) is 17.2. The summed E-state index contributed by atoms with van der Waals surface area (Å²) in [6, 6.07) is 15.4. The number of hydrogen-bond donors (Lipinski definition) is 0. The highest BCUT2D eigenvalue weighted by atomic mass is 32.2. The zero-order valence-electron chi connectivity index (χ0n) is 20.0. The van der Waals surface area contributed by atoms with Crippen molar-refractivity contribution < 1.29 is 26.4 Å². The number of morpholine rings is 1. The molecule has 5 rings (SSSR count). The van der Waals surface area contributed by atoms with Crippen molar-refractivity contribution >= 4 is 25.8 Å². The number of sulfonamides is 2. The number of rotatable bonds is 6. The summed E-state index contributed by atoms with van der Waals surface area (Å²) in [4.78, 5) is 12.3. The quantitative estimate of drug-likeness (QED) is 0.533. The van der Waals surface area contributed by atoms with Gasteiger partial charge in [0.15, 0.2) is 0 Å². The summed E-state index contributed by atoms with van der Waals surface area (Å²) in [5.41, 5.74) is 1.70. The Morgan fingerprint density at radius 1 is 0.833 bits per heavy atom. The lowest BCUT2D eigenvalue weighted by Gasteiger charge is -2.45. The second-order valence-corrected chi connectivity index (χ2v) is 13.5. The number of ether oxygens (including phenoxy) is 1. The number of Topliss-reactive ketones (excluding diaryl/α,β-unsaturated/α-hetero) is 1. The minimum absolute atomic E-state index is 0.0574. The summed E-state index contributed by atoms with van der Waals surface area (Å²) >= 11 is 0. The van der Waals surface area contributed by atoms with Crippen molar-refractivity contribution in [2.24, 2.45) is 5.41 Å². The number of benzene rings is 2. The molecule has 2 fully saturated rings. The summed E-state index contributed by atoms with van der Waals surface area (Å²) in [6.45, 7) is 1.71. The molecule has 0 amide bonds. The van der Waals surface area contributed by atoms with E-state index in [0.29, 0.717) is 38.9 Å². The molecule has 0 N–H and O–H groups in total. The highest BCUT2D eigenvalue weighted by Gasteiger charge is 2.45. The normalized spacial score (nSPS) is 24.2. The summed E-state index contributed by atoms with van der Waals surface area (Å²) in [5, 5.41) is 0. The van der Waals surface area contributed by atoms with Crippen LogP contribution >= 0.6 is 0 Å². The van der Waals surface area contributed by atoms with Crippen LogP contribution in [0.1, 0.15) is 24.8 Å². The molecule has 2 aromatic carbocycles. The van der Waals surface area contributed by atoms with E-state index in [-0.39, 0.29) is 41.8 Å². The predicted octanol–water partition coefficient (Wildman–Crippen LogP) is 2.62. The van der Waals surface area contributed by atoms with Crippen LogP contribution in [0.15, 0.2) is 76.0 Å². The van der Waals surface area contributed by atoms with Crippen LogP contribution in [0.5, 0.6) is 0 Å². The molecular formula is C26H30N2O6S2. The lowest BCUT2D eigenvalue weighted by molar-refractivity contribution is -0.120. The zero-order chi connectivity index (χ0) is 25.4. The summed E-state index contributed by atoms with van der Waals surface area (Å²) in [6.07, 6.45) is 3.98. The molecule has 0 bridgehead atoms. The van der Waals surface area contributed by atoms with Crippen LogP contribution in [0, 0.1) is 5.41 Å². The minimum Gasteiger partial charge on any atom is -0.379 e. The van der Waals surface area contributed by atoms with Crippen LogP contribution in [0.2, 0.25) is 0 Å². The van der Waals surface area contributed by atoms with Gasteiger partial charge in [0, 0.05) is 44.4 Å². The van der Waals surface area contributed by atoms with Gasteiger partial charge in [0.1, 0.15) is 5.78 Å². The molecule has 2 aliphatic heterocycles. The molecule has 0 spiro atoms. The number of carbonyl (C=O) groups excluding carboxylic acids is 1. The number of ketones is 1. The van der Waals surface area contributed by atoms with Gasteiger partial charge in [-0.25, -0.2) is 16.8 Å².